The van der Waals surface area contributed by atoms with Crippen LogP contribution in [0.25, 0.3) is 0 Å². The smallest absolute Gasteiger partial charge is 0.183 e. The van der Waals surface area contributed by atoms with E-state index in [-0.39, 0.29) is 12.6 Å². The van der Waals surface area contributed by atoms with Crippen molar-refractivity contribution in [3.63, 3.8) is 0 Å². The Morgan fingerprint density at radius 3 is 3.14 bits per heavy atom. The summed E-state index contributed by atoms with van der Waals surface area (Å²) in [6.07, 6.45) is 2.42. The number of nitrogens with one attached hydrogen (secondary N) is 2. The van der Waals surface area contributed by atoms with Crippen molar-refractivity contribution < 1.29 is 5.11 Å². The number of aromatic amines is 1. The predicted octanol–water partition coefficient (Wildman–Crippen LogP) is 0.257. The molecule has 0 aliphatic rings. The first-order chi connectivity index (χ1) is 6.86. The van der Waals surface area contributed by atoms with Gasteiger partial charge in [-0.05, 0) is 13.0 Å². The molecule has 0 amide bonds. The highest BCUT2D eigenvalue weighted by molar-refractivity contribution is 7.99. The van der Waals surface area contributed by atoms with Crippen LogP contribution in [0.1, 0.15) is 13.3 Å². The van der Waals surface area contributed by atoms with Gasteiger partial charge in [-0.25, -0.2) is 4.98 Å². The molecule has 6 heteroatoms. The molecule has 0 radical (unpaired) electrons. The van der Waals surface area contributed by atoms with Gasteiger partial charge in [-0.3, -0.25) is 5.10 Å². The van der Waals surface area contributed by atoms with Gasteiger partial charge < -0.3 is 10.4 Å². The highest BCUT2D eigenvalue weighted by Gasteiger charge is 2.05. The van der Waals surface area contributed by atoms with Gasteiger partial charge in [0, 0.05) is 11.8 Å². The average molecular weight is 216 g/mol. The summed E-state index contributed by atoms with van der Waals surface area (Å²) in [4.78, 5) is 4.00. The summed E-state index contributed by atoms with van der Waals surface area (Å²) in [6, 6.07) is 0.190. The Kier molecular flexibility index (Phi) is 5.58. The third kappa shape index (κ3) is 4.08. The highest BCUT2D eigenvalue weighted by atomic mass is 32.2. The highest BCUT2D eigenvalue weighted by Crippen LogP contribution is 2.12. The minimum Gasteiger partial charge on any atom is -0.395 e. The lowest BCUT2D eigenvalue weighted by atomic mass is 10.2. The van der Waals surface area contributed by atoms with Gasteiger partial charge in [0.25, 0.3) is 0 Å². The molecule has 3 N–H and O–H groups in total. The molecule has 0 saturated carbocycles. The van der Waals surface area contributed by atoms with Crippen LogP contribution in [0.2, 0.25) is 0 Å². The van der Waals surface area contributed by atoms with Crippen LogP contribution < -0.4 is 5.32 Å². The maximum atomic E-state index is 9.01. The fourth-order valence-electron chi connectivity index (χ4n) is 1.11. The van der Waals surface area contributed by atoms with Crippen molar-refractivity contribution in [3.8, 4) is 0 Å². The summed E-state index contributed by atoms with van der Waals surface area (Å²) in [6.45, 7) is 3.11. The number of aliphatic hydroxyl groups is 1. The van der Waals surface area contributed by atoms with Gasteiger partial charge in [0.15, 0.2) is 5.16 Å². The van der Waals surface area contributed by atoms with E-state index < -0.39 is 0 Å². The first kappa shape index (κ1) is 11.5. The third-order valence-electron chi connectivity index (χ3n) is 1.81. The Bertz CT molecular complexity index is 229. The molecule has 0 aromatic carbocycles. The monoisotopic (exact) mass is 216 g/mol. The molecule has 0 bridgehead atoms. The molecule has 0 aliphatic carbocycles. The number of hydrogen-bond acceptors (Lipinski definition) is 5. The van der Waals surface area contributed by atoms with Gasteiger partial charge >= 0.3 is 0 Å². The van der Waals surface area contributed by atoms with E-state index in [1.165, 1.54) is 6.33 Å². The van der Waals surface area contributed by atoms with Crippen molar-refractivity contribution in [1.29, 1.82) is 0 Å². The van der Waals surface area contributed by atoms with Crippen LogP contribution in [0.15, 0.2) is 11.5 Å². The predicted molar refractivity (Wildman–Crippen MR) is 56.3 cm³/mol. The number of aliphatic hydroxyl groups excluding tert-OH is 1. The second kappa shape index (κ2) is 6.80. The molecule has 1 rings (SSSR count). The Morgan fingerprint density at radius 1 is 1.71 bits per heavy atom. The van der Waals surface area contributed by atoms with E-state index in [1.54, 1.807) is 11.8 Å². The standard InChI is InChI=1S/C8H16N4OS/c1-2-9-7(5-13)3-4-14-8-10-6-11-12-8/h6-7,9,13H,2-5H2,1H3,(H,10,11,12). The maximum absolute atomic E-state index is 9.01. The summed E-state index contributed by atoms with van der Waals surface area (Å²) < 4.78 is 0. The molecule has 1 atom stereocenters. The molecule has 1 aromatic heterocycles. The fraction of sp³-hybridized carbons (Fsp3) is 0.750. The molecule has 0 aliphatic heterocycles. The Hall–Kier alpha value is -0.590. The van der Waals surface area contributed by atoms with Crippen LogP contribution in [0.5, 0.6) is 0 Å². The molecule has 14 heavy (non-hydrogen) atoms. The van der Waals surface area contributed by atoms with E-state index in [0.29, 0.717) is 0 Å². The molecular weight excluding hydrogens is 200 g/mol. The zero-order chi connectivity index (χ0) is 10.2. The van der Waals surface area contributed by atoms with Gasteiger partial charge in [-0.15, -0.1) is 0 Å². The van der Waals surface area contributed by atoms with E-state index >= 15 is 0 Å². The molecular formula is C8H16N4OS. The first-order valence-corrected chi connectivity index (χ1v) is 5.67. The van der Waals surface area contributed by atoms with Crippen LogP contribution in [-0.4, -0.2) is 45.2 Å². The molecule has 1 heterocycles. The van der Waals surface area contributed by atoms with Crippen molar-refractivity contribution in [2.45, 2.75) is 24.5 Å². The molecule has 5 nitrogen and oxygen atoms in total. The van der Waals surface area contributed by atoms with Crippen molar-refractivity contribution >= 4 is 11.8 Å². The molecule has 0 fully saturated rings. The fourth-order valence-corrected chi connectivity index (χ4v) is 1.94. The molecule has 0 spiro atoms. The number of likely N-dealkylation sites (N-methyl/N-ethyl adjacent to an activating group) is 1. The molecule has 0 saturated heterocycles. The number of aromatic nitrogens is 3. The summed E-state index contributed by atoms with van der Waals surface area (Å²) in [5.41, 5.74) is 0. The number of thioether (sulfide) groups is 1. The van der Waals surface area contributed by atoms with Crippen molar-refractivity contribution in [3.05, 3.63) is 6.33 Å². The van der Waals surface area contributed by atoms with Crippen molar-refractivity contribution in [2.75, 3.05) is 18.9 Å². The van der Waals surface area contributed by atoms with Gasteiger partial charge in [-0.2, -0.15) is 5.10 Å². The lowest BCUT2D eigenvalue weighted by Gasteiger charge is -2.13. The van der Waals surface area contributed by atoms with E-state index in [2.05, 4.69) is 20.5 Å². The minimum atomic E-state index is 0.185. The number of H-pyrrole nitrogens is 1. The van der Waals surface area contributed by atoms with Crippen LogP contribution in [-0.2, 0) is 0 Å². The summed E-state index contributed by atoms with van der Waals surface area (Å²) in [5.74, 6) is 0.924. The number of rotatable bonds is 7. The lowest BCUT2D eigenvalue weighted by molar-refractivity contribution is 0.242. The van der Waals surface area contributed by atoms with E-state index in [0.717, 1.165) is 23.9 Å². The Labute approximate surface area is 87.7 Å². The number of nitrogens with zero attached hydrogens (tertiary/aromatic N) is 2. The third-order valence-corrected chi connectivity index (χ3v) is 2.72. The number of hydrogen-bond donors (Lipinski definition) is 3. The molecule has 1 unspecified atom stereocenters. The zero-order valence-corrected chi connectivity index (χ0v) is 9.05. The van der Waals surface area contributed by atoms with Crippen molar-refractivity contribution in [2.24, 2.45) is 0 Å². The molecule has 1 aromatic rings. The Morgan fingerprint density at radius 2 is 2.57 bits per heavy atom. The average Bonchev–Trinajstić information content (AvgIpc) is 2.69. The summed E-state index contributed by atoms with van der Waals surface area (Å²) in [7, 11) is 0. The van der Waals surface area contributed by atoms with E-state index in [1.807, 2.05) is 6.92 Å². The normalized spacial score (nSPS) is 13.0. The summed E-state index contributed by atoms with van der Waals surface area (Å²) in [5, 5.41) is 19.6. The van der Waals surface area contributed by atoms with Crippen LogP contribution in [0.4, 0.5) is 0 Å². The lowest BCUT2D eigenvalue weighted by Crippen LogP contribution is -2.32. The second-order valence-electron chi connectivity index (χ2n) is 2.86. The largest absolute Gasteiger partial charge is 0.395 e. The van der Waals surface area contributed by atoms with Gasteiger partial charge in [-0.1, -0.05) is 18.7 Å². The van der Waals surface area contributed by atoms with Crippen molar-refractivity contribution in [1.82, 2.24) is 20.5 Å². The zero-order valence-electron chi connectivity index (χ0n) is 8.23. The van der Waals surface area contributed by atoms with Gasteiger partial charge in [0.1, 0.15) is 6.33 Å². The van der Waals surface area contributed by atoms with E-state index in [9.17, 15) is 0 Å². The van der Waals surface area contributed by atoms with Gasteiger partial charge in [0.05, 0.1) is 6.61 Å². The minimum absolute atomic E-state index is 0.185. The van der Waals surface area contributed by atoms with E-state index in [4.69, 9.17) is 5.11 Å². The van der Waals surface area contributed by atoms with Gasteiger partial charge in [0.2, 0.25) is 0 Å². The van der Waals surface area contributed by atoms with Crippen LogP contribution in [0, 0.1) is 0 Å². The van der Waals surface area contributed by atoms with Crippen LogP contribution in [0.3, 0.4) is 0 Å². The van der Waals surface area contributed by atoms with Crippen LogP contribution >= 0.6 is 11.8 Å². The quantitative estimate of drug-likeness (QED) is 0.570. The second-order valence-corrected chi connectivity index (χ2v) is 3.95. The first-order valence-electron chi connectivity index (χ1n) is 4.69. The SMILES string of the molecule is CCNC(CO)CCSc1ncn[nH]1. The topological polar surface area (TPSA) is 73.8 Å². The maximum Gasteiger partial charge on any atom is 0.183 e. The molecule has 80 valence electrons. The Balaban J connectivity index is 2.13. The summed E-state index contributed by atoms with van der Waals surface area (Å²) >= 11 is 1.62.